The fourth-order valence-electron chi connectivity index (χ4n) is 1.88. The van der Waals surface area contributed by atoms with E-state index in [1.165, 1.54) is 25.7 Å². The monoisotopic (exact) mass is 181 g/mol. The minimum Gasteiger partial charge on any atom is -0.300 e. The molecule has 74 valence electrons. The number of allylic oxidation sites excluding steroid dienone is 1. The molecule has 0 bridgehead atoms. The standard InChI is InChI=1S/C11H19NO/c1-10(13)6-5-9-12(2)11-7-3-4-8-11/h5-6,11H,3-4,7-9H2,1-2H3/b6-5+. The molecule has 0 radical (unpaired) electrons. The zero-order chi connectivity index (χ0) is 9.68. The first-order chi connectivity index (χ1) is 6.20. The normalized spacial score (nSPS) is 19.0. The third-order valence-corrected chi connectivity index (χ3v) is 2.69. The van der Waals surface area contributed by atoms with Crippen LogP contribution in [-0.2, 0) is 4.79 Å². The minimum atomic E-state index is 0.139. The van der Waals surface area contributed by atoms with Crippen LogP contribution in [-0.4, -0.2) is 30.3 Å². The van der Waals surface area contributed by atoms with Crippen LogP contribution >= 0.6 is 0 Å². The summed E-state index contributed by atoms with van der Waals surface area (Å²) in [7, 11) is 2.14. The highest BCUT2D eigenvalue weighted by atomic mass is 16.1. The lowest BCUT2D eigenvalue weighted by Gasteiger charge is -2.21. The van der Waals surface area contributed by atoms with Crippen LogP contribution in [0.4, 0.5) is 0 Å². The molecule has 0 atom stereocenters. The van der Waals surface area contributed by atoms with E-state index in [1.807, 2.05) is 6.08 Å². The van der Waals surface area contributed by atoms with E-state index in [4.69, 9.17) is 0 Å². The summed E-state index contributed by atoms with van der Waals surface area (Å²) in [5.41, 5.74) is 0. The Balaban J connectivity index is 2.23. The van der Waals surface area contributed by atoms with Gasteiger partial charge < -0.3 is 0 Å². The molecule has 0 N–H and O–H groups in total. The van der Waals surface area contributed by atoms with Crippen LogP contribution in [0.15, 0.2) is 12.2 Å². The predicted octanol–water partition coefficient (Wildman–Crippen LogP) is 2.01. The molecule has 0 aromatic heterocycles. The average Bonchev–Trinajstić information content (AvgIpc) is 2.55. The number of hydrogen-bond acceptors (Lipinski definition) is 2. The summed E-state index contributed by atoms with van der Waals surface area (Å²) in [5.74, 6) is 0.139. The van der Waals surface area contributed by atoms with Crippen molar-refractivity contribution < 1.29 is 4.79 Å². The van der Waals surface area contributed by atoms with Gasteiger partial charge in [-0.05, 0) is 32.9 Å². The van der Waals surface area contributed by atoms with Crippen molar-refractivity contribution in [1.82, 2.24) is 4.90 Å². The lowest BCUT2D eigenvalue weighted by Crippen LogP contribution is -2.29. The second-order valence-electron chi connectivity index (χ2n) is 3.89. The van der Waals surface area contributed by atoms with Crippen molar-refractivity contribution in [2.75, 3.05) is 13.6 Å². The summed E-state index contributed by atoms with van der Waals surface area (Å²) < 4.78 is 0. The van der Waals surface area contributed by atoms with E-state index in [0.717, 1.165) is 12.6 Å². The number of ketones is 1. The maximum Gasteiger partial charge on any atom is 0.152 e. The van der Waals surface area contributed by atoms with E-state index in [9.17, 15) is 4.79 Å². The van der Waals surface area contributed by atoms with Gasteiger partial charge in [-0.1, -0.05) is 18.9 Å². The SMILES string of the molecule is CC(=O)/C=C/CN(C)C1CCCC1. The van der Waals surface area contributed by atoms with E-state index in [1.54, 1.807) is 13.0 Å². The molecular weight excluding hydrogens is 162 g/mol. The van der Waals surface area contributed by atoms with Crippen molar-refractivity contribution in [2.24, 2.45) is 0 Å². The highest BCUT2D eigenvalue weighted by molar-refractivity contribution is 5.87. The largest absolute Gasteiger partial charge is 0.300 e. The smallest absolute Gasteiger partial charge is 0.152 e. The highest BCUT2D eigenvalue weighted by Gasteiger charge is 2.17. The van der Waals surface area contributed by atoms with Crippen LogP contribution in [0.25, 0.3) is 0 Å². The summed E-state index contributed by atoms with van der Waals surface area (Å²) >= 11 is 0. The summed E-state index contributed by atoms with van der Waals surface area (Å²) in [6.45, 7) is 2.50. The molecule has 0 aromatic rings. The zero-order valence-electron chi connectivity index (χ0n) is 8.62. The van der Waals surface area contributed by atoms with Crippen molar-refractivity contribution in [2.45, 2.75) is 38.6 Å². The molecular formula is C11H19NO. The summed E-state index contributed by atoms with van der Waals surface area (Å²) in [5, 5.41) is 0. The molecule has 0 saturated heterocycles. The van der Waals surface area contributed by atoms with E-state index in [0.29, 0.717) is 0 Å². The number of nitrogens with zero attached hydrogens (tertiary/aromatic N) is 1. The Hall–Kier alpha value is -0.630. The van der Waals surface area contributed by atoms with Crippen LogP contribution in [0.1, 0.15) is 32.6 Å². The lowest BCUT2D eigenvalue weighted by molar-refractivity contribution is -0.112. The Labute approximate surface area is 80.6 Å². The van der Waals surface area contributed by atoms with Gasteiger partial charge in [-0.2, -0.15) is 0 Å². The Morgan fingerprint density at radius 1 is 1.46 bits per heavy atom. The quantitative estimate of drug-likeness (QED) is 0.618. The number of carbonyl (C=O) groups excluding carboxylic acids is 1. The first kappa shape index (κ1) is 10.5. The Bertz CT molecular complexity index is 192. The third-order valence-electron chi connectivity index (χ3n) is 2.69. The molecule has 0 aliphatic heterocycles. The topological polar surface area (TPSA) is 20.3 Å². The van der Waals surface area contributed by atoms with E-state index < -0.39 is 0 Å². The fraction of sp³-hybridized carbons (Fsp3) is 0.727. The van der Waals surface area contributed by atoms with Gasteiger partial charge in [0.05, 0.1) is 0 Å². The van der Waals surface area contributed by atoms with Gasteiger partial charge in [-0.15, -0.1) is 0 Å². The average molecular weight is 181 g/mol. The third kappa shape index (κ3) is 3.73. The van der Waals surface area contributed by atoms with Crippen molar-refractivity contribution in [1.29, 1.82) is 0 Å². The first-order valence-corrected chi connectivity index (χ1v) is 5.07. The summed E-state index contributed by atoms with van der Waals surface area (Å²) in [4.78, 5) is 13.0. The van der Waals surface area contributed by atoms with Crippen molar-refractivity contribution >= 4 is 5.78 Å². The van der Waals surface area contributed by atoms with Crippen molar-refractivity contribution in [3.8, 4) is 0 Å². The lowest BCUT2D eigenvalue weighted by atomic mass is 10.2. The van der Waals surface area contributed by atoms with Crippen LogP contribution in [0.2, 0.25) is 0 Å². The van der Waals surface area contributed by atoms with Crippen LogP contribution in [0.5, 0.6) is 0 Å². The summed E-state index contributed by atoms with van der Waals surface area (Å²) in [6, 6.07) is 0.747. The molecule has 0 heterocycles. The molecule has 1 fully saturated rings. The van der Waals surface area contributed by atoms with Gasteiger partial charge in [-0.3, -0.25) is 9.69 Å². The molecule has 1 aliphatic rings. The molecule has 0 amide bonds. The number of carbonyl (C=O) groups is 1. The maximum atomic E-state index is 10.6. The fourth-order valence-corrected chi connectivity index (χ4v) is 1.88. The maximum absolute atomic E-state index is 10.6. The van der Waals surface area contributed by atoms with Gasteiger partial charge in [0, 0.05) is 12.6 Å². The highest BCUT2D eigenvalue weighted by Crippen LogP contribution is 2.21. The Morgan fingerprint density at radius 3 is 2.62 bits per heavy atom. The van der Waals surface area contributed by atoms with E-state index >= 15 is 0 Å². The molecule has 1 aliphatic carbocycles. The Kier molecular flexibility index (Phi) is 4.16. The van der Waals surface area contributed by atoms with E-state index in [2.05, 4.69) is 11.9 Å². The molecule has 2 heteroatoms. The van der Waals surface area contributed by atoms with Crippen LogP contribution in [0, 0.1) is 0 Å². The number of hydrogen-bond donors (Lipinski definition) is 0. The summed E-state index contributed by atoms with van der Waals surface area (Å²) in [6.07, 6.45) is 9.00. The number of likely N-dealkylation sites (N-methyl/N-ethyl adjacent to an activating group) is 1. The van der Waals surface area contributed by atoms with Gasteiger partial charge in [0.25, 0.3) is 0 Å². The second kappa shape index (κ2) is 5.18. The predicted molar refractivity (Wildman–Crippen MR) is 54.7 cm³/mol. The van der Waals surface area contributed by atoms with Crippen molar-refractivity contribution in [3.63, 3.8) is 0 Å². The molecule has 0 unspecified atom stereocenters. The van der Waals surface area contributed by atoms with Crippen molar-refractivity contribution in [3.05, 3.63) is 12.2 Å². The molecule has 13 heavy (non-hydrogen) atoms. The van der Waals surface area contributed by atoms with Gasteiger partial charge in [0.15, 0.2) is 5.78 Å². The molecule has 2 nitrogen and oxygen atoms in total. The second-order valence-corrected chi connectivity index (χ2v) is 3.89. The molecule has 1 rings (SSSR count). The van der Waals surface area contributed by atoms with Gasteiger partial charge in [0.2, 0.25) is 0 Å². The zero-order valence-corrected chi connectivity index (χ0v) is 8.62. The minimum absolute atomic E-state index is 0.139. The van der Waals surface area contributed by atoms with Crippen LogP contribution in [0.3, 0.4) is 0 Å². The van der Waals surface area contributed by atoms with Gasteiger partial charge in [0.1, 0.15) is 0 Å². The molecule has 0 aromatic carbocycles. The van der Waals surface area contributed by atoms with E-state index in [-0.39, 0.29) is 5.78 Å². The van der Waals surface area contributed by atoms with Gasteiger partial charge >= 0.3 is 0 Å². The Morgan fingerprint density at radius 2 is 2.08 bits per heavy atom. The molecule has 0 spiro atoms. The molecule has 1 saturated carbocycles. The van der Waals surface area contributed by atoms with Gasteiger partial charge in [-0.25, -0.2) is 0 Å². The first-order valence-electron chi connectivity index (χ1n) is 5.07. The number of rotatable bonds is 4. The van der Waals surface area contributed by atoms with Crippen LogP contribution < -0.4 is 0 Å².